The summed E-state index contributed by atoms with van der Waals surface area (Å²) in [5.74, 6) is 1.12. The van der Waals surface area contributed by atoms with E-state index >= 15 is 0 Å². The Morgan fingerprint density at radius 1 is 1.15 bits per heavy atom. The van der Waals surface area contributed by atoms with E-state index in [9.17, 15) is 13.2 Å². The molecular formula is C18H20N2O6S. The van der Waals surface area contributed by atoms with Gasteiger partial charge in [-0.25, -0.2) is 13.1 Å². The van der Waals surface area contributed by atoms with Crippen LogP contribution in [0.2, 0.25) is 0 Å². The predicted octanol–water partition coefficient (Wildman–Crippen LogP) is 1.27. The minimum atomic E-state index is -3.54. The number of hydrogen-bond acceptors (Lipinski definition) is 6. The summed E-state index contributed by atoms with van der Waals surface area (Å²) in [6.45, 7) is 0.258. The number of hydrogen-bond donors (Lipinski definition) is 2. The standard InChI is InChI=1S/C18H20N2O6S/c1-24-15-4-2-3-13(9-15)11-20-27(22,23)8-7-19-18(21)14-5-6-16-17(10-14)26-12-25-16/h2-6,9-10,20H,7-8,11-12H2,1H3,(H,19,21). The maximum Gasteiger partial charge on any atom is 0.251 e. The van der Waals surface area contributed by atoms with Gasteiger partial charge >= 0.3 is 0 Å². The Balaban J connectivity index is 1.47. The number of sulfonamides is 1. The highest BCUT2D eigenvalue weighted by atomic mass is 32.2. The van der Waals surface area contributed by atoms with Crippen LogP contribution in [0.15, 0.2) is 42.5 Å². The zero-order valence-corrected chi connectivity index (χ0v) is 15.5. The number of ether oxygens (including phenoxy) is 3. The highest BCUT2D eigenvalue weighted by Gasteiger charge is 2.17. The van der Waals surface area contributed by atoms with Crippen molar-refractivity contribution in [3.8, 4) is 17.2 Å². The Labute approximate surface area is 157 Å². The molecule has 0 saturated heterocycles. The molecule has 0 spiro atoms. The molecule has 2 N–H and O–H groups in total. The third-order valence-corrected chi connectivity index (χ3v) is 5.25. The summed E-state index contributed by atoms with van der Waals surface area (Å²) < 4.78 is 42.2. The molecule has 1 amide bonds. The van der Waals surface area contributed by atoms with Crippen LogP contribution in [-0.2, 0) is 16.6 Å². The molecule has 0 fully saturated rings. The third kappa shape index (κ3) is 5.11. The number of amides is 1. The summed E-state index contributed by atoms with van der Waals surface area (Å²) in [5.41, 5.74) is 1.16. The highest BCUT2D eigenvalue weighted by Crippen LogP contribution is 2.32. The summed E-state index contributed by atoms with van der Waals surface area (Å²) in [6, 6.07) is 11.9. The maximum atomic E-state index is 12.1. The molecule has 0 bridgehead atoms. The first-order valence-corrected chi connectivity index (χ1v) is 9.90. The number of fused-ring (bicyclic) bond motifs is 1. The summed E-state index contributed by atoms with van der Waals surface area (Å²) in [4.78, 5) is 12.1. The van der Waals surface area contributed by atoms with Gasteiger partial charge in [-0.3, -0.25) is 4.79 Å². The van der Waals surface area contributed by atoms with Gasteiger partial charge in [-0.15, -0.1) is 0 Å². The lowest BCUT2D eigenvalue weighted by Gasteiger charge is -2.09. The molecule has 1 aliphatic rings. The van der Waals surface area contributed by atoms with Crippen LogP contribution in [0.4, 0.5) is 0 Å². The van der Waals surface area contributed by atoms with Crippen molar-refractivity contribution in [2.24, 2.45) is 0 Å². The number of rotatable bonds is 8. The summed E-state index contributed by atoms with van der Waals surface area (Å²) in [6.07, 6.45) is 0. The van der Waals surface area contributed by atoms with E-state index in [2.05, 4.69) is 10.0 Å². The molecular weight excluding hydrogens is 372 g/mol. The molecule has 0 saturated carbocycles. The van der Waals surface area contributed by atoms with Gasteiger partial charge in [-0.05, 0) is 35.9 Å². The predicted molar refractivity (Wildman–Crippen MR) is 98.5 cm³/mol. The van der Waals surface area contributed by atoms with Gasteiger partial charge in [0, 0.05) is 18.7 Å². The molecule has 2 aromatic carbocycles. The van der Waals surface area contributed by atoms with Crippen LogP contribution in [0.1, 0.15) is 15.9 Å². The van der Waals surface area contributed by atoms with Crippen molar-refractivity contribution in [2.75, 3.05) is 26.2 Å². The number of carbonyl (C=O) groups excluding carboxylic acids is 1. The summed E-state index contributed by atoms with van der Waals surface area (Å²) >= 11 is 0. The van der Waals surface area contributed by atoms with Crippen LogP contribution in [-0.4, -0.2) is 40.5 Å². The Morgan fingerprint density at radius 2 is 1.96 bits per heavy atom. The van der Waals surface area contributed by atoms with Crippen LogP contribution < -0.4 is 24.2 Å². The first-order valence-electron chi connectivity index (χ1n) is 8.25. The first kappa shape index (κ1) is 19.0. The first-order chi connectivity index (χ1) is 13.0. The number of nitrogens with one attached hydrogen (secondary N) is 2. The van der Waals surface area contributed by atoms with E-state index in [0.29, 0.717) is 22.8 Å². The molecule has 0 radical (unpaired) electrons. The molecule has 1 heterocycles. The average Bonchev–Trinajstić information content (AvgIpc) is 3.14. The van der Waals surface area contributed by atoms with Crippen molar-refractivity contribution in [2.45, 2.75) is 6.54 Å². The van der Waals surface area contributed by atoms with Gasteiger partial charge in [0.05, 0.1) is 12.9 Å². The molecule has 0 aromatic heterocycles. The largest absolute Gasteiger partial charge is 0.497 e. The lowest BCUT2D eigenvalue weighted by atomic mass is 10.2. The quantitative estimate of drug-likeness (QED) is 0.701. The monoisotopic (exact) mass is 392 g/mol. The average molecular weight is 392 g/mol. The normalized spacial score (nSPS) is 12.6. The van der Waals surface area contributed by atoms with Gasteiger partial charge < -0.3 is 19.5 Å². The molecule has 2 aromatic rings. The van der Waals surface area contributed by atoms with Crippen molar-refractivity contribution >= 4 is 15.9 Å². The second-order valence-electron chi connectivity index (χ2n) is 5.82. The van der Waals surface area contributed by atoms with E-state index in [1.165, 1.54) is 0 Å². The minimum absolute atomic E-state index is 0.0132. The van der Waals surface area contributed by atoms with Crippen molar-refractivity contribution in [1.29, 1.82) is 0 Å². The second-order valence-corrected chi connectivity index (χ2v) is 7.74. The Bertz CT molecular complexity index is 929. The van der Waals surface area contributed by atoms with Crippen LogP contribution in [0.3, 0.4) is 0 Å². The third-order valence-electron chi connectivity index (χ3n) is 3.92. The molecule has 0 atom stereocenters. The highest BCUT2D eigenvalue weighted by molar-refractivity contribution is 7.89. The number of carbonyl (C=O) groups is 1. The molecule has 9 heteroatoms. The SMILES string of the molecule is COc1cccc(CNS(=O)(=O)CCNC(=O)c2ccc3c(c2)OCO3)c1. The van der Waals surface area contributed by atoms with Gasteiger partial charge in [0.25, 0.3) is 5.91 Å². The maximum absolute atomic E-state index is 12.1. The van der Waals surface area contributed by atoms with E-state index in [4.69, 9.17) is 14.2 Å². The summed E-state index contributed by atoms with van der Waals surface area (Å²) in [7, 11) is -1.99. The fourth-order valence-electron chi connectivity index (χ4n) is 2.49. The molecule has 1 aliphatic heterocycles. The smallest absolute Gasteiger partial charge is 0.251 e. The number of methoxy groups -OCH3 is 1. The van der Waals surface area contributed by atoms with E-state index < -0.39 is 10.0 Å². The van der Waals surface area contributed by atoms with E-state index in [-0.39, 0.29) is 31.5 Å². The zero-order valence-electron chi connectivity index (χ0n) is 14.7. The summed E-state index contributed by atoms with van der Waals surface area (Å²) in [5, 5.41) is 2.59. The van der Waals surface area contributed by atoms with Crippen LogP contribution >= 0.6 is 0 Å². The minimum Gasteiger partial charge on any atom is -0.497 e. The zero-order chi connectivity index (χ0) is 19.3. The Morgan fingerprint density at radius 3 is 2.78 bits per heavy atom. The van der Waals surface area contributed by atoms with Crippen molar-refractivity contribution in [1.82, 2.24) is 10.0 Å². The second kappa shape index (κ2) is 8.28. The topological polar surface area (TPSA) is 103 Å². The van der Waals surface area contributed by atoms with E-state index in [0.717, 1.165) is 5.56 Å². The molecule has 3 rings (SSSR count). The fourth-order valence-corrected chi connectivity index (χ4v) is 3.39. The molecule has 0 aliphatic carbocycles. The van der Waals surface area contributed by atoms with Crippen LogP contribution in [0.25, 0.3) is 0 Å². The molecule has 0 unspecified atom stereocenters. The van der Waals surface area contributed by atoms with Crippen molar-refractivity contribution in [3.63, 3.8) is 0 Å². The number of benzene rings is 2. The molecule has 144 valence electrons. The van der Waals surface area contributed by atoms with E-state index in [1.807, 2.05) is 0 Å². The molecule has 8 nitrogen and oxygen atoms in total. The fraction of sp³-hybridized carbons (Fsp3) is 0.278. The van der Waals surface area contributed by atoms with E-state index in [1.54, 1.807) is 49.6 Å². The lowest BCUT2D eigenvalue weighted by molar-refractivity contribution is 0.0955. The van der Waals surface area contributed by atoms with Crippen molar-refractivity contribution < 1.29 is 27.4 Å². The Kier molecular flexibility index (Phi) is 5.82. The van der Waals surface area contributed by atoms with Crippen molar-refractivity contribution in [3.05, 3.63) is 53.6 Å². The van der Waals surface area contributed by atoms with Crippen LogP contribution in [0, 0.1) is 0 Å². The van der Waals surface area contributed by atoms with Gasteiger partial charge in [0.2, 0.25) is 16.8 Å². The van der Waals surface area contributed by atoms with Gasteiger partial charge in [-0.2, -0.15) is 0 Å². The van der Waals surface area contributed by atoms with Gasteiger partial charge in [-0.1, -0.05) is 12.1 Å². The van der Waals surface area contributed by atoms with Gasteiger partial charge in [0.15, 0.2) is 11.5 Å². The Hall–Kier alpha value is -2.78. The van der Waals surface area contributed by atoms with Crippen LogP contribution in [0.5, 0.6) is 17.2 Å². The van der Waals surface area contributed by atoms with Gasteiger partial charge in [0.1, 0.15) is 5.75 Å². The lowest BCUT2D eigenvalue weighted by Crippen LogP contribution is -2.34. The molecule has 27 heavy (non-hydrogen) atoms.